The first-order valence-electron chi connectivity index (χ1n) is 7.26. The Balaban J connectivity index is 1.86. The van der Waals surface area contributed by atoms with Crippen molar-refractivity contribution >= 4 is 22.6 Å². The Labute approximate surface area is 132 Å². The van der Waals surface area contributed by atoms with Crippen molar-refractivity contribution < 1.29 is 10.2 Å². The summed E-state index contributed by atoms with van der Waals surface area (Å²) in [6.07, 6.45) is 2.43. The van der Waals surface area contributed by atoms with E-state index in [2.05, 4.69) is 16.0 Å². The molecule has 0 unspecified atom stereocenters. The Morgan fingerprint density at radius 3 is 2.68 bits per heavy atom. The number of fused-ring (bicyclic) bond motifs is 1. The normalized spacial score (nSPS) is 14.9. The second-order valence-corrected chi connectivity index (χ2v) is 6.16. The lowest BCUT2D eigenvalue weighted by Crippen LogP contribution is -1.97. The highest BCUT2D eigenvalue weighted by Crippen LogP contribution is 2.42. The molecule has 3 N–H and O–H groups in total. The van der Waals surface area contributed by atoms with E-state index in [0.717, 1.165) is 16.6 Å². The second kappa shape index (κ2) is 5.09. The molecule has 1 heterocycles. The van der Waals surface area contributed by atoms with Crippen LogP contribution in [-0.2, 0) is 0 Å². The Bertz CT molecular complexity index is 853. The van der Waals surface area contributed by atoms with E-state index < -0.39 is 6.29 Å². The van der Waals surface area contributed by atoms with E-state index in [1.807, 2.05) is 18.2 Å². The molecule has 3 aromatic rings. The summed E-state index contributed by atoms with van der Waals surface area (Å²) < 4.78 is 0. The zero-order valence-corrected chi connectivity index (χ0v) is 12.5. The Kier molecular flexibility index (Phi) is 3.18. The lowest BCUT2D eigenvalue weighted by Gasteiger charge is -2.11. The number of imidazole rings is 1. The van der Waals surface area contributed by atoms with E-state index in [-0.39, 0.29) is 0 Å². The number of H-pyrrole nitrogens is 1. The van der Waals surface area contributed by atoms with Gasteiger partial charge in [0.25, 0.3) is 0 Å². The third-order valence-electron chi connectivity index (χ3n) is 4.18. The first-order valence-corrected chi connectivity index (χ1v) is 7.64. The highest BCUT2D eigenvalue weighted by atomic mass is 35.5. The molecule has 0 radical (unpaired) electrons. The Morgan fingerprint density at radius 1 is 1.18 bits per heavy atom. The molecule has 112 valence electrons. The number of aromatic amines is 1. The van der Waals surface area contributed by atoms with E-state index in [9.17, 15) is 10.2 Å². The minimum Gasteiger partial charge on any atom is -0.364 e. The van der Waals surface area contributed by atoms with Crippen molar-refractivity contribution in [3.05, 3.63) is 52.8 Å². The van der Waals surface area contributed by atoms with Crippen molar-refractivity contribution in [2.45, 2.75) is 25.0 Å². The molecule has 1 saturated carbocycles. The predicted octanol–water partition coefficient (Wildman–Crippen LogP) is 3.74. The van der Waals surface area contributed by atoms with Gasteiger partial charge < -0.3 is 15.2 Å². The van der Waals surface area contributed by atoms with Gasteiger partial charge in [0.1, 0.15) is 0 Å². The summed E-state index contributed by atoms with van der Waals surface area (Å²) in [5.41, 5.74) is 4.68. The molecule has 1 aromatic heterocycles. The van der Waals surface area contributed by atoms with E-state index in [0.29, 0.717) is 22.0 Å². The smallest absolute Gasteiger partial charge is 0.180 e. The summed E-state index contributed by atoms with van der Waals surface area (Å²) >= 11 is 6.44. The molecule has 1 fully saturated rings. The summed E-state index contributed by atoms with van der Waals surface area (Å²) in [4.78, 5) is 7.14. The monoisotopic (exact) mass is 314 g/mol. The SMILES string of the molecule is OC(O)c1cc(-c2ccc(C3CC3)cc2Cl)cc2[nH]cnc12. The van der Waals surface area contributed by atoms with Gasteiger partial charge in [-0.05, 0) is 48.1 Å². The largest absolute Gasteiger partial charge is 0.364 e. The number of aliphatic hydroxyl groups is 2. The van der Waals surface area contributed by atoms with Crippen molar-refractivity contribution in [3.8, 4) is 11.1 Å². The van der Waals surface area contributed by atoms with Gasteiger partial charge in [0.2, 0.25) is 0 Å². The van der Waals surface area contributed by atoms with Gasteiger partial charge in [0.05, 0.1) is 17.4 Å². The maximum Gasteiger partial charge on any atom is 0.180 e. The van der Waals surface area contributed by atoms with E-state index >= 15 is 0 Å². The molecule has 2 aromatic carbocycles. The molecule has 4 rings (SSSR count). The van der Waals surface area contributed by atoms with Gasteiger partial charge in [-0.3, -0.25) is 0 Å². The standard InChI is InChI=1S/C17H15ClN2O2/c18-14-6-10(9-1-2-9)3-4-12(14)11-5-13(17(21)22)16-15(7-11)19-8-20-16/h3-9,17,21-22H,1-2H2,(H,19,20). The average Bonchev–Trinajstić information content (AvgIpc) is 3.24. The highest BCUT2D eigenvalue weighted by molar-refractivity contribution is 6.33. The summed E-state index contributed by atoms with van der Waals surface area (Å²) in [7, 11) is 0. The molecule has 0 aliphatic heterocycles. The molecule has 4 nitrogen and oxygen atoms in total. The number of benzene rings is 2. The van der Waals surface area contributed by atoms with Crippen LogP contribution in [0, 0.1) is 0 Å². The number of halogens is 1. The first-order chi connectivity index (χ1) is 10.6. The second-order valence-electron chi connectivity index (χ2n) is 5.75. The Hall–Kier alpha value is -1.88. The maximum atomic E-state index is 9.57. The molecule has 1 aliphatic carbocycles. The van der Waals surface area contributed by atoms with Crippen LogP contribution in [0.4, 0.5) is 0 Å². The van der Waals surface area contributed by atoms with Crippen LogP contribution >= 0.6 is 11.6 Å². The van der Waals surface area contributed by atoms with E-state index in [1.165, 1.54) is 24.7 Å². The predicted molar refractivity (Wildman–Crippen MR) is 85.7 cm³/mol. The number of aromatic nitrogens is 2. The van der Waals surface area contributed by atoms with Gasteiger partial charge in [0, 0.05) is 16.1 Å². The van der Waals surface area contributed by atoms with Crippen LogP contribution in [0.1, 0.15) is 36.2 Å². The summed E-state index contributed by atoms with van der Waals surface area (Å²) in [5, 5.41) is 19.8. The van der Waals surface area contributed by atoms with Gasteiger partial charge >= 0.3 is 0 Å². The summed E-state index contributed by atoms with van der Waals surface area (Å²) in [6.45, 7) is 0. The number of hydrogen-bond donors (Lipinski definition) is 3. The first kappa shape index (κ1) is 13.8. The molecular formula is C17H15ClN2O2. The van der Waals surface area contributed by atoms with E-state index in [4.69, 9.17) is 11.6 Å². The average molecular weight is 315 g/mol. The van der Waals surface area contributed by atoms with Gasteiger partial charge in [-0.15, -0.1) is 0 Å². The minimum absolute atomic E-state index is 0.371. The molecule has 5 heteroatoms. The maximum absolute atomic E-state index is 9.57. The van der Waals surface area contributed by atoms with Crippen molar-refractivity contribution in [3.63, 3.8) is 0 Å². The van der Waals surface area contributed by atoms with Crippen LogP contribution in [0.25, 0.3) is 22.2 Å². The third kappa shape index (κ3) is 2.29. The van der Waals surface area contributed by atoms with Crippen molar-refractivity contribution in [2.24, 2.45) is 0 Å². The summed E-state index contributed by atoms with van der Waals surface area (Å²) in [5.74, 6) is 0.650. The zero-order chi connectivity index (χ0) is 15.3. The number of hydrogen-bond acceptors (Lipinski definition) is 3. The molecular weight excluding hydrogens is 300 g/mol. The quantitative estimate of drug-likeness (QED) is 0.645. The zero-order valence-electron chi connectivity index (χ0n) is 11.8. The van der Waals surface area contributed by atoms with Crippen molar-refractivity contribution in [1.82, 2.24) is 9.97 Å². The highest BCUT2D eigenvalue weighted by Gasteiger charge is 2.24. The van der Waals surface area contributed by atoms with Crippen LogP contribution in [-0.4, -0.2) is 20.2 Å². The lowest BCUT2D eigenvalue weighted by atomic mass is 9.99. The van der Waals surface area contributed by atoms with Crippen LogP contribution in [0.15, 0.2) is 36.7 Å². The number of nitrogens with zero attached hydrogens (tertiary/aromatic N) is 1. The molecule has 0 amide bonds. The van der Waals surface area contributed by atoms with Gasteiger partial charge in [-0.25, -0.2) is 4.98 Å². The van der Waals surface area contributed by atoms with Gasteiger partial charge in [0.15, 0.2) is 6.29 Å². The minimum atomic E-state index is -1.57. The van der Waals surface area contributed by atoms with Crippen LogP contribution in [0.2, 0.25) is 5.02 Å². The fraction of sp³-hybridized carbons (Fsp3) is 0.235. The number of aliphatic hydroxyl groups excluding tert-OH is 1. The topological polar surface area (TPSA) is 69.1 Å². The van der Waals surface area contributed by atoms with Gasteiger partial charge in [-0.2, -0.15) is 0 Å². The molecule has 1 aliphatic rings. The fourth-order valence-corrected chi connectivity index (χ4v) is 3.16. The molecule has 0 bridgehead atoms. The van der Waals surface area contributed by atoms with Crippen molar-refractivity contribution in [1.29, 1.82) is 0 Å². The third-order valence-corrected chi connectivity index (χ3v) is 4.50. The fourth-order valence-electron chi connectivity index (χ4n) is 2.87. The van der Waals surface area contributed by atoms with Crippen molar-refractivity contribution in [2.75, 3.05) is 0 Å². The molecule has 0 atom stereocenters. The Morgan fingerprint density at radius 2 is 2.00 bits per heavy atom. The van der Waals surface area contributed by atoms with Crippen LogP contribution in [0.5, 0.6) is 0 Å². The molecule has 22 heavy (non-hydrogen) atoms. The number of rotatable bonds is 3. The van der Waals surface area contributed by atoms with E-state index in [1.54, 1.807) is 6.07 Å². The van der Waals surface area contributed by atoms with Crippen LogP contribution < -0.4 is 0 Å². The summed E-state index contributed by atoms with van der Waals surface area (Å²) in [6, 6.07) is 9.77. The lowest BCUT2D eigenvalue weighted by molar-refractivity contribution is -0.0413. The number of nitrogens with one attached hydrogen (secondary N) is 1. The molecule has 0 spiro atoms. The molecule has 0 saturated heterocycles. The van der Waals surface area contributed by atoms with Gasteiger partial charge in [-0.1, -0.05) is 23.7 Å². The van der Waals surface area contributed by atoms with Crippen LogP contribution in [0.3, 0.4) is 0 Å².